The molecular formula is C14H27NO3S. The maximum Gasteiger partial charge on any atom is 0.156 e. The monoisotopic (exact) mass is 289 g/mol. The maximum atomic E-state index is 12.2. The summed E-state index contributed by atoms with van der Waals surface area (Å²) in [6, 6.07) is 0.522. The van der Waals surface area contributed by atoms with Crippen LogP contribution in [0.25, 0.3) is 0 Å². The van der Waals surface area contributed by atoms with Gasteiger partial charge in [0.05, 0.1) is 17.1 Å². The van der Waals surface area contributed by atoms with E-state index in [1.165, 1.54) is 32.1 Å². The van der Waals surface area contributed by atoms with E-state index in [0.29, 0.717) is 12.6 Å². The van der Waals surface area contributed by atoms with Crippen LogP contribution in [0.3, 0.4) is 0 Å². The van der Waals surface area contributed by atoms with E-state index in [0.717, 1.165) is 19.4 Å². The first-order chi connectivity index (χ1) is 9.08. The van der Waals surface area contributed by atoms with Crippen molar-refractivity contribution in [3.63, 3.8) is 0 Å². The van der Waals surface area contributed by atoms with Gasteiger partial charge in [-0.05, 0) is 32.6 Å². The van der Waals surface area contributed by atoms with Gasteiger partial charge in [-0.1, -0.05) is 19.3 Å². The van der Waals surface area contributed by atoms with E-state index in [1.54, 1.807) is 0 Å². The average molecular weight is 289 g/mol. The van der Waals surface area contributed by atoms with E-state index >= 15 is 0 Å². The molecule has 1 heterocycles. The van der Waals surface area contributed by atoms with E-state index in [9.17, 15) is 8.42 Å². The molecule has 0 aromatic heterocycles. The van der Waals surface area contributed by atoms with Gasteiger partial charge in [0.2, 0.25) is 0 Å². The summed E-state index contributed by atoms with van der Waals surface area (Å²) in [5, 5.41) is 3.13. The highest BCUT2D eigenvalue weighted by molar-refractivity contribution is 7.92. The summed E-state index contributed by atoms with van der Waals surface area (Å²) in [5.74, 6) is 0.195. The van der Waals surface area contributed by atoms with Gasteiger partial charge >= 0.3 is 0 Å². The molecule has 5 heteroatoms. The van der Waals surface area contributed by atoms with E-state index in [2.05, 4.69) is 5.32 Å². The normalized spacial score (nSPS) is 27.5. The fourth-order valence-electron chi connectivity index (χ4n) is 2.97. The molecule has 0 amide bonds. The topological polar surface area (TPSA) is 55.4 Å². The highest BCUT2D eigenvalue weighted by atomic mass is 32.2. The molecule has 2 atom stereocenters. The van der Waals surface area contributed by atoms with Crippen molar-refractivity contribution < 1.29 is 13.2 Å². The summed E-state index contributed by atoms with van der Waals surface area (Å²) in [6.45, 7) is 3.12. The Labute approximate surface area is 117 Å². The Morgan fingerprint density at radius 3 is 2.53 bits per heavy atom. The van der Waals surface area contributed by atoms with Crippen molar-refractivity contribution in [1.82, 2.24) is 5.32 Å². The lowest BCUT2D eigenvalue weighted by molar-refractivity contribution is 0.127. The molecule has 2 aliphatic rings. The SMILES string of the molecule is CC(CNC1CCCCC1)S(=O)(=O)CC1CCCO1. The zero-order valence-corrected chi connectivity index (χ0v) is 12.8. The third-order valence-electron chi connectivity index (χ3n) is 4.35. The maximum absolute atomic E-state index is 12.2. The molecule has 1 aliphatic heterocycles. The molecule has 112 valence electrons. The van der Waals surface area contributed by atoms with Gasteiger partial charge in [-0.2, -0.15) is 0 Å². The third kappa shape index (κ3) is 4.72. The number of ether oxygens (including phenoxy) is 1. The Morgan fingerprint density at radius 2 is 1.89 bits per heavy atom. The van der Waals surface area contributed by atoms with Crippen LogP contribution in [-0.2, 0) is 14.6 Å². The molecule has 1 saturated carbocycles. The van der Waals surface area contributed by atoms with Gasteiger partial charge in [0.1, 0.15) is 0 Å². The van der Waals surface area contributed by atoms with Gasteiger partial charge in [0.25, 0.3) is 0 Å². The quantitative estimate of drug-likeness (QED) is 0.811. The molecule has 1 aliphatic carbocycles. The zero-order valence-electron chi connectivity index (χ0n) is 11.9. The Kier molecular flexibility index (Phi) is 5.66. The first-order valence-electron chi connectivity index (χ1n) is 7.64. The lowest BCUT2D eigenvalue weighted by Gasteiger charge is -2.25. The van der Waals surface area contributed by atoms with Gasteiger partial charge in [-0.3, -0.25) is 0 Å². The molecule has 2 rings (SSSR count). The molecule has 1 N–H and O–H groups in total. The first-order valence-corrected chi connectivity index (χ1v) is 9.36. The Hall–Kier alpha value is -0.130. The molecule has 2 fully saturated rings. The Morgan fingerprint density at radius 1 is 1.16 bits per heavy atom. The first kappa shape index (κ1) is 15.3. The summed E-state index contributed by atoms with van der Waals surface area (Å²) >= 11 is 0. The number of hydrogen-bond acceptors (Lipinski definition) is 4. The van der Waals surface area contributed by atoms with Crippen LogP contribution in [0.15, 0.2) is 0 Å². The predicted molar refractivity (Wildman–Crippen MR) is 77.1 cm³/mol. The number of nitrogens with one attached hydrogen (secondary N) is 1. The van der Waals surface area contributed by atoms with Crippen molar-refractivity contribution in [2.24, 2.45) is 0 Å². The molecule has 0 radical (unpaired) electrons. The summed E-state index contributed by atoms with van der Waals surface area (Å²) in [6.07, 6.45) is 8.07. The zero-order chi connectivity index (χ0) is 13.7. The molecule has 0 spiro atoms. The highest BCUT2D eigenvalue weighted by Crippen LogP contribution is 2.19. The summed E-state index contributed by atoms with van der Waals surface area (Å²) in [5.41, 5.74) is 0. The fourth-order valence-corrected chi connectivity index (χ4v) is 4.43. The van der Waals surface area contributed by atoms with Crippen molar-refractivity contribution in [2.45, 2.75) is 69.3 Å². The van der Waals surface area contributed by atoms with Gasteiger partial charge < -0.3 is 10.1 Å². The smallest absolute Gasteiger partial charge is 0.156 e. The Bertz CT molecular complexity index is 357. The lowest BCUT2D eigenvalue weighted by atomic mass is 9.95. The second-order valence-corrected chi connectivity index (χ2v) is 8.48. The van der Waals surface area contributed by atoms with Crippen LogP contribution in [0.5, 0.6) is 0 Å². The van der Waals surface area contributed by atoms with Crippen LogP contribution >= 0.6 is 0 Å². The molecular weight excluding hydrogens is 262 g/mol. The van der Waals surface area contributed by atoms with Gasteiger partial charge in [0, 0.05) is 19.2 Å². The highest BCUT2D eigenvalue weighted by Gasteiger charge is 2.28. The van der Waals surface area contributed by atoms with E-state index in [1.807, 2.05) is 6.92 Å². The predicted octanol–water partition coefficient (Wildman–Crippen LogP) is 1.89. The minimum Gasteiger partial charge on any atom is -0.377 e. The van der Waals surface area contributed by atoms with Gasteiger partial charge in [-0.25, -0.2) is 8.42 Å². The van der Waals surface area contributed by atoms with Gasteiger partial charge in [0.15, 0.2) is 9.84 Å². The number of rotatable bonds is 6. The molecule has 2 unspecified atom stereocenters. The molecule has 0 bridgehead atoms. The van der Waals surface area contributed by atoms with Crippen LogP contribution in [0.4, 0.5) is 0 Å². The van der Waals surface area contributed by atoms with Crippen LogP contribution in [0.1, 0.15) is 51.9 Å². The lowest BCUT2D eigenvalue weighted by Crippen LogP contribution is -2.40. The Balaban J connectivity index is 1.75. The number of hydrogen-bond donors (Lipinski definition) is 1. The average Bonchev–Trinajstić information content (AvgIpc) is 2.89. The minimum atomic E-state index is -3.03. The summed E-state index contributed by atoms with van der Waals surface area (Å²) < 4.78 is 29.9. The molecule has 0 aromatic rings. The molecule has 4 nitrogen and oxygen atoms in total. The van der Waals surface area contributed by atoms with Crippen LogP contribution < -0.4 is 5.32 Å². The van der Waals surface area contributed by atoms with Crippen molar-refractivity contribution in [3.8, 4) is 0 Å². The second-order valence-electron chi connectivity index (χ2n) is 6.02. The van der Waals surface area contributed by atoms with Crippen molar-refractivity contribution >= 4 is 9.84 Å². The summed E-state index contributed by atoms with van der Waals surface area (Å²) in [4.78, 5) is 0. The van der Waals surface area contributed by atoms with Crippen molar-refractivity contribution in [3.05, 3.63) is 0 Å². The molecule has 1 saturated heterocycles. The van der Waals surface area contributed by atoms with Crippen LogP contribution in [0, 0.1) is 0 Å². The molecule has 0 aromatic carbocycles. The number of sulfone groups is 1. The minimum absolute atomic E-state index is 0.0675. The third-order valence-corrected chi connectivity index (χ3v) is 6.58. The van der Waals surface area contributed by atoms with E-state index < -0.39 is 9.84 Å². The van der Waals surface area contributed by atoms with E-state index in [4.69, 9.17) is 4.74 Å². The van der Waals surface area contributed by atoms with Crippen molar-refractivity contribution in [2.75, 3.05) is 18.9 Å². The van der Waals surface area contributed by atoms with E-state index in [-0.39, 0.29) is 17.1 Å². The van der Waals surface area contributed by atoms with Crippen molar-refractivity contribution in [1.29, 1.82) is 0 Å². The van der Waals surface area contributed by atoms with Crippen LogP contribution in [-0.4, -0.2) is 44.7 Å². The van der Waals surface area contributed by atoms with Gasteiger partial charge in [-0.15, -0.1) is 0 Å². The molecule has 19 heavy (non-hydrogen) atoms. The van der Waals surface area contributed by atoms with Crippen LogP contribution in [0.2, 0.25) is 0 Å². The summed E-state index contributed by atoms with van der Waals surface area (Å²) in [7, 11) is -3.03. The second kappa shape index (κ2) is 7.04. The standard InChI is InChI=1S/C14H27NO3S/c1-12(10-15-13-6-3-2-4-7-13)19(16,17)11-14-8-5-9-18-14/h12-15H,2-11H2,1H3. The fraction of sp³-hybridized carbons (Fsp3) is 1.00. The largest absolute Gasteiger partial charge is 0.377 e.